The van der Waals surface area contributed by atoms with Crippen molar-refractivity contribution in [3.63, 3.8) is 0 Å². The zero-order valence-corrected chi connectivity index (χ0v) is 10.3. The van der Waals surface area contributed by atoms with Crippen LogP contribution in [0.25, 0.3) is 0 Å². The minimum atomic E-state index is 0.447. The van der Waals surface area contributed by atoms with Crippen LogP contribution in [0.5, 0.6) is 0 Å². The van der Waals surface area contributed by atoms with Gasteiger partial charge in [0.25, 0.3) is 0 Å². The van der Waals surface area contributed by atoms with Gasteiger partial charge in [-0.15, -0.1) is 0 Å². The van der Waals surface area contributed by atoms with Crippen LogP contribution in [-0.2, 0) is 4.74 Å². The van der Waals surface area contributed by atoms with E-state index in [1.54, 1.807) is 5.57 Å². The smallest absolute Gasteiger partial charge is 0.0683 e. The molecule has 1 aliphatic rings. The highest BCUT2D eigenvalue weighted by molar-refractivity contribution is 5.19. The molecule has 14 heavy (non-hydrogen) atoms. The van der Waals surface area contributed by atoms with E-state index < -0.39 is 0 Å². The monoisotopic (exact) mass is 196 g/mol. The number of hydrogen-bond donors (Lipinski definition) is 0. The molecule has 0 fully saturated rings. The summed E-state index contributed by atoms with van der Waals surface area (Å²) in [5.41, 5.74) is 3.19. The molecule has 0 saturated heterocycles. The Hall–Kier alpha value is -0.300. The Bertz CT molecular complexity index is 213. The second kappa shape index (κ2) is 4.97. The third-order valence-corrected chi connectivity index (χ3v) is 3.21. The molecular formula is C13H24O. The molecule has 0 spiro atoms. The largest absolute Gasteiger partial charge is 0.373 e. The van der Waals surface area contributed by atoms with Gasteiger partial charge in [-0.1, -0.05) is 40.2 Å². The van der Waals surface area contributed by atoms with Crippen LogP contribution < -0.4 is 0 Å². The molecule has 0 unspecified atom stereocenters. The first-order valence-electron chi connectivity index (χ1n) is 5.88. The van der Waals surface area contributed by atoms with Gasteiger partial charge in [0.15, 0.2) is 0 Å². The van der Waals surface area contributed by atoms with Gasteiger partial charge in [-0.05, 0) is 30.3 Å². The lowest BCUT2D eigenvalue weighted by Gasteiger charge is -2.31. The van der Waals surface area contributed by atoms with Crippen molar-refractivity contribution in [1.29, 1.82) is 0 Å². The van der Waals surface area contributed by atoms with E-state index in [0.29, 0.717) is 17.9 Å². The quantitative estimate of drug-likeness (QED) is 0.624. The van der Waals surface area contributed by atoms with E-state index in [-0.39, 0.29) is 0 Å². The topological polar surface area (TPSA) is 9.23 Å². The SMILES string of the molecule is CCC1=C(C(C)C)C[C@@H](C(C)C)OC1. The first kappa shape index (κ1) is 11.8. The van der Waals surface area contributed by atoms with Crippen molar-refractivity contribution in [3.05, 3.63) is 11.1 Å². The van der Waals surface area contributed by atoms with Crippen molar-refractivity contribution >= 4 is 0 Å². The van der Waals surface area contributed by atoms with Crippen molar-refractivity contribution < 1.29 is 4.74 Å². The maximum absolute atomic E-state index is 5.87. The van der Waals surface area contributed by atoms with Gasteiger partial charge in [0.1, 0.15) is 0 Å². The van der Waals surface area contributed by atoms with Gasteiger partial charge in [0.2, 0.25) is 0 Å². The van der Waals surface area contributed by atoms with Crippen LogP contribution in [0.3, 0.4) is 0 Å². The van der Waals surface area contributed by atoms with Crippen LogP contribution in [0.1, 0.15) is 47.5 Å². The maximum Gasteiger partial charge on any atom is 0.0683 e. The molecule has 82 valence electrons. The number of ether oxygens (including phenoxy) is 1. The first-order chi connectivity index (χ1) is 6.56. The molecule has 1 nitrogen and oxygen atoms in total. The van der Waals surface area contributed by atoms with Crippen LogP contribution >= 0.6 is 0 Å². The molecular weight excluding hydrogens is 172 g/mol. The van der Waals surface area contributed by atoms with E-state index in [1.807, 2.05) is 0 Å². The lowest BCUT2D eigenvalue weighted by atomic mass is 9.86. The van der Waals surface area contributed by atoms with Crippen molar-refractivity contribution in [3.8, 4) is 0 Å². The summed E-state index contributed by atoms with van der Waals surface area (Å²) < 4.78 is 5.87. The molecule has 0 saturated carbocycles. The van der Waals surface area contributed by atoms with Crippen LogP contribution in [-0.4, -0.2) is 12.7 Å². The van der Waals surface area contributed by atoms with E-state index in [2.05, 4.69) is 34.6 Å². The highest BCUT2D eigenvalue weighted by Gasteiger charge is 2.24. The van der Waals surface area contributed by atoms with E-state index >= 15 is 0 Å². The molecule has 1 heterocycles. The molecule has 0 aliphatic carbocycles. The minimum Gasteiger partial charge on any atom is -0.373 e. The summed E-state index contributed by atoms with van der Waals surface area (Å²) in [6.07, 6.45) is 2.75. The van der Waals surface area contributed by atoms with Crippen molar-refractivity contribution in [1.82, 2.24) is 0 Å². The van der Waals surface area contributed by atoms with Crippen LogP contribution in [0.15, 0.2) is 11.1 Å². The van der Waals surface area contributed by atoms with Crippen LogP contribution in [0, 0.1) is 11.8 Å². The van der Waals surface area contributed by atoms with Gasteiger partial charge >= 0.3 is 0 Å². The lowest BCUT2D eigenvalue weighted by molar-refractivity contribution is 0.0227. The summed E-state index contributed by atoms with van der Waals surface area (Å²) in [6, 6.07) is 0. The lowest BCUT2D eigenvalue weighted by Crippen LogP contribution is -2.28. The number of rotatable bonds is 3. The summed E-state index contributed by atoms with van der Waals surface area (Å²) >= 11 is 0. The minimum absolute atomic E-state index is 0.447. The Morgan fingerprint density at radius 2 is 1.93 bits per heavy atom. The van der Waals surface area contributed by atoms with Crippen molar-refractivity contribution in [2.45, 2.75) is 53.6 Å². The zero-order valence-electron chi connectivity index (χ0n) is 10.3. The molecule has 0 bridgehead atoms. The van der Waals surface area contributed by atoms with Gasteiger partial charge < -0.3 is 4.74 Å². The van der Waals surface area contributed by atoms with Gasteiger partial charge in [-0.25, -0.2) is 0 Å². The van der Waals surface area contributed by atoms with Crippen molar-refractivity contribution in [2.75, 3.05) is 6.61 Å². The average molecular weight is 196 g/mol. The maximum atomic E-state index is 5.87. The van der Waals surface area contributed by atoms with E-state index in [4.69, 9.17) is 4.74 Å². The molecule has 1 atom stereocenters. The molecule has 1 aliphatic heterocycles. The molecule has 0 amide bonds. The molecule has 1 heteroatoms. The van der Waals surface area contributed by atoms with E-state index in [9.17, 15) is 0 Å². The summed E-state index contributed by atoms with van der Waals surface area (Å²) in [5, 5.41) is 0. The molecule has 1 rings (SSSR count). The Labute approximate surface area is 88.5 Å². The van der Waals surface area contributed by atoms with Gasteiger partial charge in [0.05, 0.1) is 12.7 Å². The number of hydrogen-bond acceptors (Lipinski definition) is 1. The molecule has 0 aromatic carbocycles. The standard InChI is InChI=1S/C13H24O/c1-6-11-8-14-13(10(4)5)7-12(11)9(2)3/h9-10,13H,6-8H2,1-5H3/t13-/m0/s1. The average Bonchev–Trinajstić information content (AvgIpc) is 2.16. The second-order valence-electron chi connectivity index (χ2n) is 4.93. The van der Waals surface area contributed by atoms with Crippen LogP contribution in [0.2, 0.25) is 0 Å². The fourth-order valence-corrected chi connectivity index (χ4v) is 2.12. The normalized spacial score (nSPS) is 23.8. The Kier molecular flexibility index (Phi) is 4.18. The van der Waals surface area contributed by atoms with Crippen LogP contribution in [0.4, 0.5) is 0 Å². The van der Waals surface area contributed by atoms with Crippen molar-refractivity contribution in [2.24, 2.45) is 11.8 Å². The summed E-state index contributed by atoms with van der Waals surface area (Å²) in [4.78, 5) is 0. The second-order valence-corrected chi connectivity index (χ2v) is 4.93. The summed E-state index contributed by atoms with van der Waals surface area (Å²) in [7, 11) is 0. The van der Waals surface area contributed by atoms with E-state index in [0.717, 1.165) is 19.4 Å². The Morgan fingerprint density at radius 1 is 1.29 bits per heavy atom. The summed E-state index contributed by atoms with van der Waals surface area (Å²) in [5.74, 6) is 1.33. The molecule has 0 radical (unpaired) electrons. The van der Waals surface area contributed by atoms with Gasteiger partial charge in [0, 0.05) is 0 Å². The highest BCUT2D eigenvalue weighted by Crippen LogP contribution is 2.30. The molecule has 0 aromatic heterocycles. The predicted molar refractivity (Wildman–Crippen MR) is 61.4 cm³/mol. The fraction of sp³-hybridized carbons (Fsp3) is 0.846. The predicted octanol–water partition coefficient (Wildman–Crippen LogP) is 3.79. The Morgan fingerprint density at radius 3 is 2.36 bits per heavy atom. The molecule has 0 N–H and O–H groups in total. The third-order valence-electron chi connectivity index (χ3n) is 3.21. The zero-order chi connectivity index (χ0) is 10.7. The first-order valence-corrected chi connectivity index (χ1v) is 5.88. The third kappa shape index (κ3) is 2.60. The summed E-state index contributed by atoms with van der Waals surface area (Å²) in [6.45, 7) is 12.2. The van der Waals surface area contributed by atoms with E-state index in [1.165, 1.54) is 5.57 Å². The molecule has 0 aromatic rings. The van der Waals surface area contributed by atoms with Gasteiger partial charge in [-0.3, -0.25) is 0 Å². The fourth-order valence-electron chi connectivity index (χ4n) is 2.12. The Balaban J connectivity index is 2.76. The highest BCUT2D eigenvalue weighted by atomic mass is 16.5. The van der Waals surface area contributed by atoms with Gasteiger partial charge in [-0.2, -0.15) is 0 Å².